The second-order valence-electron chi connectivity index (χ2n) is 9.23. The number of benzene rings is 3. The molecule has 0 fully saturated rings. The van der Waals surface area contributed by atoms with Crippen LogP contribution in [-0.2, 0) is 24.1 Å². The van der Waals surface area contributed by atoms with Crippen LogP contribution in [0.1, 0.15) is 36.1 Å². The molecule has 0 saturated carbocycles. The van der Waals surface area contributed by atoms with Crippen molar-refractivity contribution in [2.75, 3.05) is 17.2 Å². The average Bonchev–Trinajstić information content (AvgIpc) is 3.15. The van der Waals surface area contributed by atoms with E-state index in [-0.39, 0.29) is 6.04 Å². The number of fused-ring (bicyclic) bond motifs is 1. The van der Waals surface area contributed by atoms with E-state index in [0.29, 0.717) is 19.4 Å². The Hall–Kier alpha value is -3.47. The van der Waals surface area contributed by atoms with E-state index < -0.39 is 11.5 Å². The summed E-state index contributed by atoms with van der Waals surface area (Å²) in [6.07, 6.45) is 1.71. The van der Waals surface area contributed by atoms with Crippen molar-refractivity contribution in [2.24, 2.45) is 0 Å². The molecule has 3 aromatic carbocycles. The van der Waals surface area contributed by atoms with E-state index in [1.807, 2.05) is 42.5 Å². The first kappa shape index (κ1) is 22.7. The van der Waals surface area contributed by atoms with E-state index in [9.17, 15) is 9.90 Å². The third-order valence-electron chi connectivity index (χ3n) is 6.05. The molecule has 0 unspecified atom stereocenters. The first-order valence-electron chi connectivity index (χ1n) is 11.5. The molecule has 1 aliphatic carbocycles. The second kappa shape index (κ2) is 9.57. The van der Waals surface area contributed by atoms with Crippen LogP contribution >= 0.6 is 0 Å². The molecule has 3 aromatic rings. The molecular formula is C28H32N2O3. The fourth-order valence-corrected chi connectivity index (χ4v) is 4.48. The molecule has 1 aliphatic rings. The molecule has 33 heavy (non-hydrogen) atoms. The molecule has 5 nitrogen and oxygen atoms in total. The predicted molar refractivity (Wildman–Crippen MR) is 133 cm³/mol. The highest BCUT2D eigenvalue weighted by molar-refractivity contribution is 5.85. The molecule has 0 saturated heterocycles. The van der Waals surface area contributed by atoms with Gasteiger partial charge in [0, 0.05) is 37.1 Å². The maximum absolute atomic E-state index is 12.3. The smallest absolute Gasteiger partial charge is 0.330 e. The number of carbonyl (C=O) groups is 1. The van der Waals surface area contributed by atoms with Crippen LogP contribution in [0.25, 0.3) is 0 Å². The Morgan fingerprint density at radius 1 is 1.03 bits per heavy atom. The van der Waals surface area contributed by atoms with Gasteiger partial charge in [-0.15, -0.1) is 0 Å². The Morgan fingerprint density at radius 3 is 2.39 bits per heavy atom. The minimum absolute atomic E-state index is 0.248. The van der Waals surface area contributed by atoms with Crippen LogP contribution in [0.2, 0.25) is 0 Å². The van der Waals surface area contributed by atoms with Gasteiger partial charge in [0.2, 0.25) is 0 Å². The first-order chi connectivity index (χ1) is 15.8. The third-order valence-corrected chi connectivity index (χ3v) is 6.05. The molecule has 172 valence electrons. The highest BCUT2D eigenvalue weighted by Gasteiger charge is 2.44. The van der Waals surface area contributed by atoms with Crippen LogP contribution in [0.15, 0.2) is 66.7 Å². The number of anilines is 2. The average molecular weight is 445 g/mol. The van der Waals surface area contributed by atoms with Crippen molar-refractivity contribution in [2.45, 2.75) is 51.6 Å². The lowest BCUT2D eigenvalue weighted by Gasteiger charge is -2.27. The van der Waals surface area contributed by atoms with Crippen molar-refractivity contribution in [1.82, 2.24) is 0 Å². The van der Waals surface area contributed by atoms with Crippen LogP contribution in [0.3, 0.4) is 0 Å². The summed E-state index contributed by atoms with van der Waals surface area (Å²) in [6.45, 7) is 6.79. The van der Waals surface area contributed by atoms with Gasteiger partial charge in [0.15, 0.2) is 0 Å². The number of carboxylic acids is 1. The lowest BCUT2D eigenvalue weighted by atomic mass is 9.95. The maximum atomic E-state index is 12.3. The largest absolute Gasteiger partial charge is 0.491 e. The molecule has 0 heterocycles. The van der Waals surface area contributed by atoms with E-state index in [4.69, 9.17) is 4.74 Å². The minimum Gasteiger partial charge on any atom is -0.491 e. The summed E-state index contributed by atoms with van der Waals surface area (Å²) in [7, 11) is 0. The van der Waals surface area contributed by atoms with Crippen LogP contribution in [0, 0.1) is 6.92 Å². The van der Waals surface area contributed by atoms with Gasteiger partial charge < -0.3 is 20.5 Å². The summed E-state index contributed by atoms with van der Waals surface area (Å²) < 4.78 is 6.19. The van der Waals surface area contributed by atoms with E-state index in [1.54, 1.807) is 0 Å². The standard InChI is InChI=1S/C28H32N2O3/c1-19(2)29-25-12-11-24(16-26(25)33-14-13-21-8-6-7-20(3)15-21)30-28(27(31)32)17-22-9-4-5-10-23(22)18-28/h4-12,15-16,19,29-30H,13-14,17-18H2,1-3H3,(H,31,32). The molecule has 0 atom stereocenters. The Balaban J connectivity index is 1.54. The van der Waals surface area contributed by atoms with Crippen LogP contribution in [0.4, 0.5) is 11.4 Å². The van der Waals surface area contributed by atoms with E-state index in [1.165, 1.54) is 11.1 Å². The second-order valence-corrected chi connectivity index (χ2v) is 9.23. The van der Waals surface area contributed by atoms with Crippen LogP contribution < -0.4 is 15.4 Å². The predicted octanol–water partition coefficient (Wildman–Crippen LogP) is 5.47. The quantitative estimate of drug-likeness (QED) is 0.408. The number of nitrogens with one attached hydrogen (secondary N) is 2. The van der Waals surface area contributed by atoms with Crippen LogP contribution in [0.5, 0.6) is 5.75 Å². The Bertz CT molecular complexity index is 1110. The molecule has 0 aromatic heterocycles. The molecule has 0 amide bonds. The van der Waals surface area contributed by atoms with Crippen molar-refractivity contribution < 1.29 is 14.6 Å². The lowest BCUT2D eigenvalue weighted by Crippen LogP contribution is -2.47. The van der Waals surface area contributed by atoms with Gasteiger partial charge in [0.1, 0.15) is 11.3 Å². The topological polar surface area (TPSA) is 70.6 Å². The van der Waals surface area contributed by atoms with Crippen molar-refractivity contribution in [3.05, 3.63) is 89.0 Å². The fraction of sp³-hybridized carbons (Fsp3) is 0.321. The van der Waals surface area contributed by atoms with Crippen LogP contribution in [-0.4, -0.2) is 29.3 Å². The number of aryl methyl sites for hydroxylation is 1. The van der Waals surface area contributed by atoms with Gasteiger partial charge in [-0.1, -0.05) is 54.1 Å². The zero-order chi connectivity index (χ0) is 23.4. The molecule has 5 heteroatoms. The van der Waals surface area contributed by atoms with E-state index in [0.717, 1.165) is 34.7 Å². The zero-order valence-electron chi connectivity index (χ0n) is 19.5. The number of hydrogen-bond acceptors (Lipinski definition) is 4. The monoisotopic (exact) mass is 444 g/mol. The Labute approximate surface area is 195 Å². The normalized spacial score (nSPS) is 14.1. The van der Waals surface area contributed by atoms with Crippen molar-refractivity contribution >= 4 is 17.3 Å². The summed E-state index contributed by atoms with van der Waals surface area (Å²) in [5.74, 6) is -0.123. The molecule has 4 rings (SSSR count). The summed E-state index contributed by atoms with van der Waals surface area (Å²) in [6, 6.07) is 22.4. The van der Waals surface area contributed by atoms with Gasteiger partial charge in [0.25, 0.3) is 0 Å². The number of carboxylic acid groups (broad SMARTS) is 1. The van der Waals surface area contributed by atoms with Gasteiger partial charge in [-0.3, -0.25) is 0 Å². The molecule has 0 radical (unpaired) electrons. The molecule has 0 spiro atoms. The summed E-state index contributed by atoms with van der Waals surface area (Å²) in [5, 5.41) is 16.9. The van der Waals surface area contributed by atoms with Crippen molar-refractivity contribution in [1.29, 1.82) is 0 Å². The van der Waals surface area contributed by atoms with Crippen molar-refractivity contribution in [3.8, 4) is 5.75 Å². The Kier molecular flexibility index (Phi) is 6.59. The number of aliphatic carboxylic acids is 1. The SMILES string of the molecule is Cc1cccc(CCOc2cc(NC3(C(=O)O)Cc4ccccc4C3)ccc2NC(C)C)c1. The van der Waals surface area contributed by atoms with Gasteiger partial charge in [-0.05, 0) is 49.6 Å². The van der Waals surface area contributed by atoms with Crippen molar-refractivity contribution in [3.63, 3.8) is 0 Å². The summed E-state index contributed by atoms with van der Waals surface area (Å²) in [4.78, 5) is 12.3. The highest BCUT2D eigenvalue weighted by Crippen LogP contribution is 2.36. The van der Waals surface area contributed by atoms with E-state index >= 15 is 0 Å². The highest BCUT2D eigenvalue weighted by atomic mass is 16.5. The zero-order valence-corrected chi connectivity index (χ0v) is 19.5. The molecule has 3 N–H and O–H groups in total. The third kappa shape index (κ3) is 5.30. The molecule has 0 bridgehead atoms. The summed E-state index contributed by atoms with van der Waals surface area (Å²) in [5.41, 5.74) is 5.22. The summed E-state index contributed by atoms with van der Waals surface area (Å²) >= 11 is 0. The lowest BCUT2D eigenvalue weighted by molar-refractivity contribution is -0.142. The minimum atomic E-state index is -1.06. The van der Waals surface area contributed by atoms with Gasteiger partial charge >= 0.3 is 5.97 Å². The fourth-order valence-electron chi connectivity index (χ4n) is 4.48. The molecule has 0 aliphatic heterocycles. The van der Waals surface area contributed by atoms with Gasteiger partial charge in [-0.2, -0.15) is 0 Å². The number of ether oxygens (including phenoxy) is 1. The maximum Gasteiger partial charge on any atom is 0.330 e. The number of rotatable bonds is 9. The first-order valence-corrected chi connectivity index (χ1v) is 11.5. The van der Waals surface area contributed by atoms with Gasteiger partial charge in [-0.25, -0.2) is 4.79 Å². The Morgan fingerprint density at radius 2 is 1.76 bits per heavy atom. The molecular weight excluding hydrogens is 412 g/mol. The number of hydrogen-bond donors (Lipinski definition) is 3. The van der Waals surface area contributed by atoms with Gasteiger partial charge in [0.05, 0.1) is 12.3 Å². The van der Waals surface area contributed by atoms with E-state index in [2.05, 4.69) is 55.7 Å².